The van der Waals surface area contributed by atoms with E-state index >= 15 is 0 Å². The molecule has 0 spiro atoms. The van der Waals surface area contributed by atoms with Crippen LogP contribution >= 0.6 is 0 Å². The number of hydrogen-bond acceptors (Lipinski definition) is 1. The lowest BCUT2D eigenvalue weighted by Gasteiger charge is -2.39. The van der Waals surface area contributed by atoms with Gasteiger partial charge in [0.25, 0.3) is 0 Å². The Morgan fingerprint density at radius 3 is 2.21 bits per heavy atom. The molecule has 208 valence electrons. The lowest BCUT2D eigenvalue weighted by atomic mass is 9.93. The molecule has 1 fully saturated rings. The van der Waals surface area contributed by atoms with Crippen molar-refractivity contribution in [3.05, 3.63) is 136 Å². The highest BCUT2D eigenvalue weighted by molar-refractivity contribution is 6.81. The van der Waals surface area contributed by atoms with E-state index in [1.54, 1.807) is 11.1 Å². The molecule has 1 nitrogen and oxygen atoms in total. The normalized spacial score (nSPS) is 22.5. The third-order valence-electron chi connectivity index (χ3n) is 10.6. The average Bonchev–Trinajstić information content (AvgIpc) is 3.68. The molecule has 4 aromatic rings. The zero-order chi connectivity index (χ0) is 28.6. The fraction of sp³-hybridized carbons (Fsp3) is 0.250. The van der Waals surface area contributed by atoms with Gasteiger partial charge in [-0.3, -0.25) is 0 Å². The van der Waals surface area contributed by atoms with Crippen LogP contribution in [0.5, 0.6) is 0 Å². The van der Waals surface area contributed by atoms with Crippen molar-refractivity contribution >= 4 is 36.7 Å². The van der Waals surface area contributed by atoms with Gasteiger partial charge in [-0.1, -0.05) is 121 Å². The second kappa shape index (κ2) is 9.57. The largest absolute Gasteiger partial charge is 0.344 e. The molecule has 42 heavy (non-hydrogen) atoms. The molecule has 2 heteroatoms. The first-order valence-corrected chi connectivity index (χ1v) is 18.8. The van der Waals surface area contributed by atoms with Gasteiger partial charge in [0.1, 0.15) is 0 Å². The zero-order valence-corrected chi connectivity index (χ0v) is 26.2. The van der Waals surface area contributed by atoms with Crippen molar-refractivity contribution < 1.29 is 0 Å². The van der Waals surface area contributed by atoms with Crippen molar-refractivity contribution in [2.75, 3.05) is 11.4 Å². The molecule has 0 aromatic heterocycles. The van der Waals surface area contributed by atoms with Crippen molar-refractivity contribution in [1.29, 1.82) is 0 Å². The van der Waals surface area contributed by atoms with Gasteiger partial charge in [-0.15, -0.1) is 0 Å². The minimum absolute atomic E-state index is 0.493. The highest BCUT2D eigenvalue weighted by atomic mass is 28.3. The van der Waals surface area contributed by atoms with Crippen LogP contribution in [-0.2, 0) is 0 Å². The van der Waals surface area contributed by atoms with Gasteiger partial charge in [0.2, 0.25) is 0 Å². The van der Waals surface area contributed by atoms with Crippen molar-refractivity contribution in [3.63, 3.8) is 0 Å². The molecule has 3 aliphatic carbocycles. The Hall–Kier alpha value is -3.88. The van der Waals surface area contributed by atoms with E-state index in [4.69, 9.17) is 0 Å². The number of benzene rings is 4. The van der Waals surface area contributed by atoms with E-state index < -0.39 is 8.07 Å². The lowest BCUT2D eigenvalue weighted by Crippen LogP contribution is -2.42. The molecule has 0 bridgehead atoms. The highest BCUT2D eigenvalue weighted by Gasteiger charge is 2.47. The van der Waals surface area contributed by atoms with Gasteiger partial charge in [0, 0.05) is 40.5 Å². The van der Waals surface area contributed by atoms with E-state index in [0.717, 1.165) is 6.54 Å². The number of nitrogens with zero attached hydrogens (tertiary/aromatic N) is 1. The molecule has 4 aliphatic rings. The summed E-state index contributed by atoms with van der Waals surface area (Å²) in [6.45, 7) is 11.2. The summed E-state index contributed by atoms with van der Waals surface area (Å²) in [6, 6.07) is 29.8. The second-order valence-corrected chi connectivity index (χ2v) is 18.3. The van der Waals surface area contributed by atoms with Crippen LogP contribution < -0.4 is 4.90 Å². The Bertz CT molecular complexity index is 1880. The van der Waals surface area contributed by atoms with E-state index in [1.807, 2.05) is 0 Å². The van der Waals surface area contributed by atoms with Gasteiger partial charge in [-0.2, -0.15) is 0 Å². The topological polar surface area (TPSA) is 3.24 Å². The number of anilines is 1. The summed E-state index contributed by atoms with van der Waals surface area (Å²) in [5.41, 5.74) is 15.7. The van der Waals surface area contributed by atoms with Gasteiger partial charge in [-0.05, 0) is 77.4 Å². The molecule has 0 radical (unpaired) electrons. The molecular formula is C40H39NSi. The predicted molar refractivity (Wildman–Crippen MR) is 183 cm³/mol. The number of hydrogen-bond donors (Lipinski definition) is 0. The molecule has 1 aliphatic heterocycles. The zero-order valence-electron chi connectivity index (χ0n) is 25.2. The summed E-state index contributed by atoms with van der Waals surface area (Å²) in [5, 5.41) is 2.64. The maximum atomic E-state index is 2.65. The third-order valence-corrected chi connectivity index (χ3v) is 15.2. The van der Waals surface area contributed by atoms with Gasteiger partial charge in [-0.25, -0.2) is 0 Å². The van der Waals surface area contributed by atoms with Gasteiger partial charge < -0.3 is 4.90 Å². The van der Waals surface area contributed by atoms with Crippen molar-refractivity contribution in [2.45, 2.75) is 50.9 Å². The monoisotopic (exact) mass is 561 g/mol. The Morgan fingerprint density at radius 1 is 0.714 bits per heavy atom. The van der Waals surface area contributed by atoms with E-state index in [2.05, 4.69) is 141 Å². The third kappa shape index (κ3) is 3.74. The maximum Gasteiger partial charge on any atom is 0.0722 e. The Labute approximate surface area is 251 Å². The lowest BCUT2D eigenvalue weighted by molar-refractivity contribution is 0.646. The second-order valence-electron chi connectivity index (χ2n) is 13.5. The molecule has 1 heterocycles. The van der Waals surface area contributed by atoms with Crippen LogP contribution in [0.4, 0.5) is 5.69 Å². The highest BCUT2D eigenvalue weighted by Crippen LogP contribution is 2.55. The van der Waals surface area contributed by atoms with Crippen LogP contribution in [0.3, 0.4) is 0 Å². The predicted octanol–water partition coefficient (Wildman–Crippen LogP) is 10.7. The van der Waals surface area contributed by atoms with E-state index in [1.165, 1.54) is 68.4 Å². The van der Waals surface area contributed by atoms with Gasteiger partial charge in [0.05, 0.1) is 8.07 Å². The van der Waals surface area contributed by atoms with Gasteiger partial charge >= 0.3 is 0 Å². The molecule has 0 amide bonds. The van der Waals surface area contributed by atoms with Crippen LogP contribution in [0.1, 0.15) is 60.0 Å². The van der Waals surface area contributed by atoms with Crippen LogP contribution in [0.15, 0.2) is 114 Å². The Morgan fingerprint density at radius 2 is 1.38 bits per heavy atom. The summed E-state index contributed by atoms with van der Waals surface area (Å²) < 4.78 is 0. The Kier molecular flexibility index (Phi) is 5.88. The van der Waals surface area contributed by atoms with E-state index in [0.29, 0.717) is 17.0 Å². The summed E-state index contributed by atoms with van der Waals surface area (Å²) in [5.74, 6) is 0.678. The van der Waals surface area contributed by atoms with Crippen LogP contribution in [-0.4, -0.2) is 14.6 Å². The summed E-state index contributed by atoms with van der Waals surface area (Å²) in [7, 11) is -1.92. The first kappa shape index (κ1) is 25.8. The van der Waals surface area contributed by atoms with Crippen LogP contribution in [0.25, 0.3) is 34.1 Å². The SMILES string of the molecule is CC1=Cc2c(-c3cccc4ccccc34)cccc2C1[Si](C)(C)C1C(C)=Cc2c1cccc2N1CCC2CC=CC=C21. The average molecular weight is 562 g/mol. The Balaban J connectivity index is 1.21. The van der Waals surface area contributed by atoms with Crippen molar-refractivity contribution in [1.82, 2.24) is 0 Å². The van der Waals surface area contributed by atoms with Crippen molar-refractivity contribution in [2.24, 2.45) is 5.92 Å². The fourth-order valence-electron chi connectivity index (χ4n) is 9.08. The van der Waals surface area contributed by atoms with E-state index in [9.17, 15) is 0 Å². The summed E-state index contributed by atoms with van der Waals surface area (Å²) in [4.78, 5) is 2.63. The quantitative estimate of drug-likeness (QED) is 0.224. The summed E-state index contributed by atoms with van der Waals surface area (Å²) >= 11 is 0. The van der Waals surface area contributed by atoms with Crippen LogP contribution in [0.2, 0.25) is 13.1 Å². The standard InChI is InChI=1S/C40H39NSi/c1-26-24-35-32(31-16-9-14-28-12-5-7-15-30(28)31)17-10-18-33(35)39(26)42(3,4)40-27(2)25-36-34(40)19-11-21-38(36)41-23-22-29-13-6-8-20-37(29)41/h5-12,14-21,24-25,29,39-40H,13,22-23H2,1-4H3. The molecule has 3 unspecified atom stereocenters. The fourth-order valence-corrected chi connectivity index (χ4v) is 14.0. The molecule has 4 aromatic carbocycles. The number of rotatable bonds is 4. The minimum atomic E-state index is -1.92. The molecule has 0 saturated carbocycles. The molecule has 0 N–H and O–H groups in total. The van der Waals surface area contributed by atoms with Crippen LogP contribution in [0, 0.1) is 5.92 Å². The van der Waals surface area contributed by atoms with E-state index in [-0.39, 0.29) is 0 Å². The first-order valence-electron chi connectivity index (χ1n) is 15.7. The first-order chi connectivity index (χ1) is 20.4. The number of allylic oxidation sites excluding steroid dienone is 6. The summed E-state index contributed by atoms with van der Waals surface area (Å²) in [6.07, 6.45) is 14.5. The molecule has 3 atom stereocenters. The maximum absolute atomic E-state index is 2.65. The van der Waals surface area contributed by atoms with Gasteiger partial charge in [0.15, 0.2) is 0 Å². The smallest absolute Gasteiger partial charge is 0.0722 e. The van der Waals surface area contributed by atoms with Crippen molar-refractivity contribution in [3.8, 4) is 11.1 Å². The molecule has 8 rings (SSSR count). The number of fused-ring (bicyclic) bond motifs is 4. The minimum Gasteiger partial charge on any atom is -0.344 e. The molecule has 1 saturated heterocycles. The molecular weight excluding hydrogens is 523 g/mol.